The number of rotatable bonds is 10. The summed E-state index contributed by atoms with van der Waals surface area (Å²) in [6.07, 6.45) is 2.47. The summed E-state index contributed by atoms with van der Waals surface area (Å²) in [6, 6.07) is 16.6. The maximum Gasteiger partial charge on any atom is 0.303 e. The Kier molecular flexibility index (Phi) is 7.25. The minimum absolute atomic E-state index is 0.0192. The average molecular weight is 475 g/mol. The Labute approximate surface area is 204 Å². The molecule has 1 atom stereocenters. The number of amides is 1. The van der Waals surface area contributed by atoms with E-state index in [2.05, 4.69) is 10.3 Å². The van der Waals surface area contributed by atoms with E-state index in [-0.39, 0.29) is 24.9 Å². The van der Waals surface area contributed by atoms with Gasteiger partial charge in [-0.2, -0.15) is 0 Å². The number of benzene rings is 2. The molecule has 4 aromatic rings. The third-order valence-electron chi connectivity index (χ3n) is 5.75. The van der Waals surface area contributed by atoms with Gasteiger partial charge in [-0.3, -0.25) is 9.59 Å². The number of carboxylic acids is 1. The zero-order valence-corrected chi connectivity index (χ0v) is 20.1. The van der Waals surface area contributed by atoms with Crippen LogP contribution in [0, 0.1) is 6.92 Å². The van der Waals surface area contributed by atoms with E-state index in [1.165, 1.54) is 0 Å². The molecule has 0 radical (unpaired) electrons. The highest BCUT2D eigenvalue weighted by atomic mass is 16.5. The summed E-state index contributed by atoms with van der Waals surface area (Å²) in [4.78, 5) is 27.4. The zero-order chi connectivity index (χ0) is 24.9. The van der Waals surface area contributed by atoms with E-state index in [0.29, 0.717) is 17.9 Å². The molecular weight excluding hydrogens is 444 g/mol. The van der Waals surface area contributed by atoms with Crippen LogP contribution in [0.1, 0.15) is 54.5 Å². The molecule has 0 aliphatic carbocycles. The molecule has 2 heterocycles. The highest BCUT2D eigenvalue weighted by molar-refractivity contribution is 5.86. The molecule has 35 heavy (non-hydrogen) atoms. The third kappa shape index (κ3) is 5.93. The fourth-order valence-corrected chi connectivity index (χ4v) is 4.17. The van der Waals surface area contributed by atoms with Gasteiger partial charge >= 0.3 is 5.97 Å². The number of carbonyl (C=O) groups excluding carboxylic acids is 1. The monoisotopic (exact) mass is 474 g/mol. The molecule has 2 aromatic heterocycles. The van der Waals surface area contributed by atoms with E-state index in [1.54, 1.807) is 0 Å². The lowest BCUT2D eigenvalue weighted by Gasteiger charge is -2.22. The van der Waals surface area contributed by atoms with Crippen molar-refractivity contribution in [2.75, 3.05) is 0 Å². The second-order valence-corrected chi connectivity index (χ2v) is 8.92. The van der Waals surface area contributed by atoms with Crippen molar-refractivity contribution in [3.63, 3.8) is 0 Å². The number of carbonyl (C=O) groups is 2. The van der Waals surface area contributed by atoms with Crippen LogP contribution in [0.2, 0.25) is 0 Å². The van der Waals surface area contributed by atoms with Crippen molar-refractivity contribution in [1.82, 2.24) is 10.3 Å². The highest BCUT2D eigenvalue weighted by Gasteiger charge is 2.24. The van der Waals surface area contributed by atoms with Gasteiger partial charge in [-0.1, -0.05) is 24.3 Å². The lowest BCUT2D eigenvalue weighted by molar-refractivity contribution is -0.137. The first-order chi connectivity index (χ1) is 16.8. The molecule has 182 valence electrons. The van der Waals surface area contributed by atoms with Crippen LogP contribution < -0.4 is 10.1 Å². The smallest absolute Gasteiger partial charge is 0.303 e. The van der Waals surface area contributed by atoms with Crippen LogP contribution in [0.5, 0.6) is 5.75 Å². The van der Waals surface area contributed by atoms with Crippen molar-refractivity contribution in [3.05, 3.63) is 89.0 Å². The molecule has 0 saturated heterocycles. The summed E-state index contributed by atoms with van der Waals surface area (Å²) in [6.45, 7) is 5.79. The van der Waals surface area contributed by atoms with Crippen molar-refractivity contribution < 1.29 is 23.8 Å². The van der Waals surface area contributed by atoms with Crippen molar-refractivity contribution in [2.24, 2.45) is 0 Å². The molecule has 0 fully saturated rings. The van der Waals surface area contributed by atoms with Gasteiger partial charge in [-0.25, -0.2) is 0 Å². The first-order valence-corrected chi connectivity index (χ1v) is 11.7. The number of aromatic amines is 1. The van der Waals surface area contributed by atoms with Crippen molar-refractivity contribution in [3.8, 4) is 5.75 Å². The maximum absolute atomic E-state index is 13.2. The molecule has 1 unspecified atom stereocenters. The molecular formula is C28H30N2O5. The van der Waals surface area contributed by atoms with Gasteiger partial charge < -0.3 is 24.6 Å². The number of nitrogens with one attached hydrogen (secondary N) is 2. The predicted octanol–water partition coefficient (Wildman–Crippen LogP) is 5.32. The number of aromatic nitrogens is 1. The second-order valence-electron chi connectivity index (χ2n) is 8.92. The normalized spacial score (nSPS) is 12.1. The molecule has 3 N–H and O–H groups in total. The summed E-state index contributed by atoms with van der Waals surface area (Å²) < 4.78 is 11.9. The Morgan fingerprint density at radius 3 is 2.63 bits per heavy atom. The fourth-order valence-electron chi connectivity index (χ4n) is 4.17. The summed E-state index contributed by atoms with van der Waals surface area (Å²) in [7, 11) is 0. The molecule has 0 aliphatic rings. The summed E-state index contributed by atoms with van der Waals surface area (Å²) >= 11 is 0. The van der Waals surface area contributed by atoms with Gasteiger partial charge in [0.1, 0.15) is 23.3 Å². The molecule has 7 nitrogen and oxygen atoms in total. The van der Waals surface area contributed by atoms with Gasteiger partial charge in [0.2, 0.25) is 5.91 Å². The summed E-state index contributed by atoms with van der Waals surface area (Å²) in [5.41, 5.74) is 3.50. The Morgan fingerprint density at radius 2 is 1.91 bits per heavy atom. The van der Waals surface area contributed by atoms with Crippen molar-refractivity contribution in [1.29, 1.82) is 0 Å². The SMILES string of the molecule is Cc1ccc(C(NC(=O)Cc2ccc3[nH]cc(CCC(=O)O)c3c2)c2ccccc2OC(C)C)o1. The van der Waals surface area contributed by atoms with Crippen molar-refractivity contribution >= 4 is 22.8 Å². The number of aliphatic carboxylic acids is 1. The Bertz CT molecular complexity index is 1330. The minimum atomic E-state index is -0.837. The first kappa shape index (κ1) is 24.1. The van der Waals surface area contributed by atoms with Crippen LogP contribution in [0.25, 0.3) is 10.9 Å². The largest absolute Gasteiger partial charge is 0.491 e. The van der Waals surface area contributed by atoms with Gasteiger partial charge in [-0.15, -0.1) is 0 Å². The first-order valence-electron chi connectivity index (χ1n) is 11.7. The summed E-state index contributed by atoms with van der Waals surface area (Å²) in [5.74, 6) is 1.08. The van der Waals surface area contributed by atoms with Crippen LogP contribution in [0.15, 0.2) is 65.2 Å². The van der Waals surface area contributed by atoms with Gasteiger partial charge in [0.25, 0.3) is 0 Å². The van der Waals surface area contributed by atoms with Gasteiger partial charge in [-0.05, 0) is 68.7 Å². The van der Waals surface area contributed by atoms with E-state index in [1.807, 2.05) is 81.6 Å². The van der Waals surface area contributed by atoms with Crippen LogP contribution in [-0.4, -0.2) is 28.1 Å². The number of hydrogen-bond acceptors (Lipinski definition) is 4. The molecule has 0 spiro atoms. The number of hydrogen-bond donors (Lipinski definition) is 3. The number of fused-ring (bicyclic) bond motifs is 1. The number of para-hydroxylation sites is 1. The van der Waals surface area contributed by atoms with Crippen LogP contribution in [-0.2, 0) is 22.4 Å². The number of aryl methyl sites for hydroxylation is 2. The van der Waals surface area contributed by atoms with Gasteiger partial charge in [0.05, 0.1) is 12.5 Å². The third-order valence-corrected chi connectivity index (χ3v) is 5.75. The molecule has 2 aromatic carbocycles. The Balaban J connectivity index is 1.58. The topological polar surface area (TPSA) is 105 Å². The lowest BCUT2D eigenvalue weighted by atomic mass is 10.0. The van der Waals surface area contributed by atoms with Crippen molar-refractivity contribution in [2.45, 2.75) is 52.2 Å². The number of carboxylic acid groups (broad SMARTS) is 1. The predicted molar refractivity (Wildman–Crippen MR) is 134 cm³/mol. The standard InChI is InChI=1S/C28H30N2O5/c1-17(2)34-24-7-5-4-6-21(24)28(25-12-8-18(3)35-25)30-26(31)15-19-9-11-23-22(14-19)20(16-29-23)10-13-27(32)33/h4-9,11-12,14,16-17,28-29H,10,13,15H2,1-3H3,(H,30,31)(H,32,33). The van der Waals surface area contributed by atoms with E-state index < -0.39 is 12.0 Å². The number of H-pyrrole nitrogens is 1. The van der Waals surface area contributed by atoms with Gasteiger partial charge in [0, 0.05) is 29.1 Å². The highest BCUT2D eigenvalue weighted by Crippen LogP contribution is 2.32. The maximum atomic E-state index is 13.2. The van der Waals surface area contributed by atoms with Crippen LogP contribution in [0.4, 0.5) is 0 Å². The molecule has 4 rings (SSSR count). The van der Waals surface area contributed by atoms with E-state index in [4.69, 9.17) is 14.3 Å². The zero-order valence-electron chi connectivity index (χ0n) is 20.1. The molecule has 0 aliphatic heterocycles. The average Bonchev–Trinajstić information content (AvgIpc) is 3.42. The van der Waals surface area contributed by atoms with E-state index >= 15 is 0 Å². The molecule has 0 saturated carbocycles. The molecule has 7 heteroatoms. The second kappa shape index (κ2) is 10.5. The molecule has 0 bridgehead atoms. The summed E-state index contributed by atoms with van der Waals surface area (Å²) in [5, 5.41) is 13.1. The minimum Gasteiger partial charge on any atom is -0.491 e. The Morgan fingerprint density at radius 1 is 1.11 bits per heavy atom. The number of furan rings is 1. The fraction of sp³-hybridized carbons (Fsp3) is 0.286. The lowest BCUT2D eigenvalue weighted by Crippen LogP contribution is -2.31. The molecule has 1 amide bonds. The van der Waals surface area contributed by atoms with Crippen LogP contribution >= 0.6 is 0 Å². The Hall–Kier alpha value is -4.00. The van der Waals surface area contributed by atoms with E-state index in [0.717, 1.165) is 33.4 Å². The van der Waals surface area contributed by atoms with E-state index in [9.17, 15) is 9.59 Å². The van der Waals surface area contributed by atoms with Gasteiger partial charge in [0.15, 0.2) is 0 Å². The quantitative estimate of drug-likeness (QED) is 0.288. The number of ether oxygens (including phenoxy) is 1. The van der Waals surface area contributed by atoms with Crippen LogP contribution in [0.3, 0.4) is 0 Å².